The summed E-state index contributed by atoms with van der Waals surface area (Å²) in [4.78, 5) is 18.4. The normalized spacial score (nSPS) is 11.0. The summed E-state index contributed by atoms with van der Waals surface area (Å²) in [5.74, 6) is 0.0429. The Morgan fingerprint density at radius 2 is 2.04 bits per heavy atom. The van der Waals surface area contributed by atoms with Gasteiger partial charge in [0.2, 0.25) is 5.91 Å². The second kappa shape index (κ2) is 6.95. The van der Waals surface area contributed by atoms with Crippen LogP contribution in [0.3, 0.4) is 0 Å². The number of benzene rings is 1. The molecule has 1 aromatic carbocycles. The summed E-state index contributed by atoms with van der Waals surface area (Å²) < 4.78 is 3.08. The minimum Gasteiger partial charge on any atom is -0.340 e. The van der Waals surface area contributed by atoms with Crippen LogP contribution in [-0.4, -0.2) is 27.4 Å². The fourth-order valence-electron chi connectivity index (χ4n) is 2.71. The van der Waals surface area contributed by atoms with Gasteiger partial charge in [0.25, 0.3) is 0 Å². The molecule has 0 fully saturated rings. The summed E-state index contributed by atoms with van der Waals surface area (Å²) in [5.41, 5.74) is 3.05. The lowest BCUT2D eigenvalue weighted by molar-refractivity contribution is -0.131. The van der Waals surface area contributed by atoms with Gasteiger partial charge in [0.15, 0.2) is 0 Å². The average molecular weight is 407 g/mol. The van der Waals surface area contributed by atoms with Gasteiger partial charge in [0, 0.05) is 40.9 Å². The first-order valence-electron chi connectivity index (χ1n) is 7.55. The van der Waals surface area contributed by atoms with Gasteiger partial charge < -0.3 is 9.47 Å². The molecule has 24 heavy (non-hydrogen) atoms. The molecule has 0 unspecified atom stereocenters. The molecule has 0 N–H and O–H groups in total. The average Bonchev–Trinajstić information content (AvgIpc) is 2.82. The molecule has 0 saturated heterocycles. The molecule has 2 heterocycles. The van der Waals surface area contributed by atoms with E-state index in [4.69, 9.17) is 11.6 Å². The maximum atomic E-state index is 12.6. The van der Waals surface area contributed by atoms with Gasteiger partial charge in [-0.3, -0.25) is 4.79 Å². The Hall–Kier alpha value is -1.85. The fourth-order valence-corrected chi connectivity index (χ4v) is 3.37. The Kier molecular flexibility index (Phi) is 4.92. The summed E-state index contributed by atoms with van der Waals surface area (Å²) >= 11 is 9.42. The molecule has 0 bridgehead atoms. The van der Waals surface area contributed by atoms with Crippen molar-refractivity contribution in [3.8, 4) is 0 Å². The van der Waals surface area contributed by atoms with E-state index in [9.17, 15) is 4.79 Å². The molecule has 3 rings (SSSR count). The van der Waals surface area contributed by atoms with Gasteiger partial charge in [-0.1, -0.05) is 35.9 Å². The highest BCUT2D eigenvalue weighted by atomic mass is 79.9. The molecular formula is C18H17BrClN3O. The first-order chi connectivity index (χ1) is 11.5. The number of likely N-dealkylation sites (N-methyl/N-ethyl adjacent to an activating group) is 1. The number of carbonyl (C=O) groups excluding carboxylic acids is 1. The van der Waals surface area contributed by atoms with Crippen molar-refractivity contribution in [2.45, 2.75) is 20.0 Å². The smallest absolute Gasteiger partial charge is 0.242 e. The molecule has 2 aromatic heterocycles. The zero-order chi connectivity index (χ0) is 17.3. The van der Waals surface area contributed by atoms with Crippen LogP contribution in [0.1, 0.15) is 11.3 Å². The summed E-state index contributed by atoms with van der Waals surface area (Å²) in [7, 11) is 1.80. The largest absolute Gasteiger partial charge is 0.340 e. The summed E-state index contributed by atoms with van der Waals surface area (Å²) in [6.45, 7) is 2.82. The molecule has 0 radical (unpaired) electrons. The van der Waals surface area contributed by atoms with Crippen molar-refractivity contribution in [1.29, 1.82) is 0 Å². The quantitative estimate of drug-likeness (QED) is 0.602. The zero-order valence-electron chi connectivity index (χ0n) is 13.5. The van der Waals surface area contributed by atoms with E-state index in [0.29, 0.717) is 18.2 Å². The van der Waals surface area contributed by atoms with E-state index >= 15 is 0 Å². The Labute approximate surface area is 154 Å². The Morgan fingerprint density at radius 1 is 1.29 bits per heavy atom. The third kappa shape index (κ3) is 3.32. The van der Waals surface area contributed by atoms with Crippen LogP contribution in [0.4, 0.5) is 0 Å². The van der Waals surface area contributed by atoms with Crippen LogP contribution < -0.4 is 0 Å². The van der Waals surface area contributed by atoms with Crippen molar-refractivity contribution >= 4 is 44.3 Å². The van der Waals surface area contributed by atoms with E-state index in [2.05, 4.69) is 27.0 Å². The Morgan fingerprint density at radius 3 is 2.75 bits per heavy atom. The number of rotatable bonds is 4. The molecule has 0 aliphatic rings. The van der Waals surface area contributed by atoms with Crippen LogP contribution in [0.5, 0.6) is 0 Å². The molecule has 0 aliphatic heterocycles. The molecule has 4 nitrogen and oxygen atoms in total. The van der Waals surface area contributed by atoms with E-state index in [1.54, 1.807) is 24.2 Å². The number of hydrogen-bond acceptors (Lipinski definition) is 2. The predicted molar refractivity (Wildman–Crippen MR) is 100 cm³/mol. The Balaban J connectivity index is 1.79. The first kappa shape index (κ1) is 17.0. The lowest BCUT2D eigenvalue weighted by Crippen LogP contribution is -2.30. The van der Waals surface area contributed by atoms with Gasteiger partial charge in [-0.25, -0.2) is 4.98 Å². The monoisotopic (exact) mass is 405 g/mol. The van der Waals surface area contributed by atoms with Crippen LogP contribution in [0.2, 0.25) is 5.15 Å². The van der Waals surface area contributed by atoms with Crippen LogP contribution in [0.25, 0.3) is 10.9 Å². The first-order valence-corrected chi connectivity index (χ1v) is 8.72. The predicted octanol–water partition coefficient (Wildman–Crippen LogP) is 4.42. The number of hydrogen-bond donors (Lipinski definition) is 0. The number of nitrogens with zero attached hydrogens (tertiary/aromatic N) is 3. The summed E-state index contributed by atoms with van der Waals surface area (Å²) in [5, 5.41) is 1.57. The van der Waals surface area contributed by atoms with Gasteiger partial charge in [0.05, 0.1) is 0 Å². The molecular weight excluding hydrogens is 390 g/mol. The van der Waals surface area contributed by atoms with Crippen molar-refractivity contribution in [1.82, 2.24) is 14.5 Å². The van der Waals surface area contributed by atoms with Crippen LogP contribution in [0, 0.1) is 6.92 Å². The van der Waals surface area contributed by atoms with Crippen molar-refractivity contribution in [2.75, 3.05) is 7.05 Å². The maximum absolute atomic E-state index is 12.6. The van der Waals surface area contributed by atoms with E-state index in [1.807, 2.05) is 35.8 Å². The van der Waals surface area contributed by atoms with Crippen molar-refractivity contribution in [2.24, 2.45) is 0 Å². The summed E-state index contributed by atoms with van der Waals surface area (Å²) in [6, 6.07) is 11.7. The van der Waals surface area contributed by atoms with Crippen LogP contribution >= 0.6 is 27.5 Å². The summed E-state index contributed by atoms with van der Waals surface area (Å²) in [6.07, 6.45) is 1.69. The zero-order valence-corrected chi connectivity index (χ0v) is 15.8. The molecule has 0 atom stereocenters. The van der Waals surface area contributed by atoms with E-state index in [0.717, 1.165) is 26.6 Å². The standard InChI is InChI=1S/C18H17BrClN3O/c1-12-18(19)14-5-3-4-6-15(14)23(12)11-17(24)22(2)10-13-7-8-16(20)21-9-13/h3-9H,10-11H2,1-2H3. The van der Waals surface area contributed by atoms with Gasteiger partial charge in [0.1, 0.15) is 11.7 Å². The minimum atomic E-state index is 0.0429. The number of para-hydroxylation sites is 1. The van der Waals surface area contributed by atoms with Crippen molar-refractivity contribution in [3.05, 3.63) is 63.5 Å². The molecule has 0 aliphatic carbocycles. The highest BCUT2D eigenvalue weighted by molar-refractivity contribution is 9.10. The molecule has 6 heteroatoms. The second-order valence-electron chi connectivity index (χ2n) is 5.74. The van der Waals surface area contributed by atoms with Gasteiger partial charge in [-0.2, -0.15) is 0 Å². The van der Waals surface area contributed by atoms with Gasteiger partial charge in [-0.05, 0) is 40.5 Å². The van der Waals surface area contributed by atoms with Crippen molar-refractivity contribution < 1.29 is 4.79 Å². The Bertz CT molecular complexity index is 889. The number of carbonyl (C=O) groups is 1. The second-order valence-corrected chi connectivity index (χ2v) is 6.92. The number of aromatic nitrogens is 2. The molecule has 0 saturated carbocycles. The van der Waals surface area contributed by atoms with Gasteiger partial charge >= 0.3 is 0 Å². The van der Waals surface area contributed by atoms with Crippen LogP contribution in [-0.2, 0) is 17.9 Å². The lowest BCUT2D eigenvalue weighted by atomic mass is 10.2. The molecule has 124 valence electrons. The third-order valence-corrected chi connectivity index (χ3v) is 5.31. The molecule has 3 aromatic rings. The highest BCUT2D eigenvalue weighted by Gasteiger charge is 2.16. The van der Waals surface area contributed by atoms with E-state index < -0.39 is 0 Å². The topological polar surface area (TPSA) is 38.1 Å². The SMILES string of the molecule is Cc1c(Br)c2ccccc2n1CC(=O)N(C)Cc1ccc(Cl)nc1. The maximum Gasteiger partial charge on any atom is 0.242 e. The number of fused-ring (bicyclic) bond motifs is 1. The third-order valence-electron chi connectivity index (χ3n) is 4.08. The fraction of sp³-hybridized carbons (Fsp3) is 0.222. The molecule has 1 amide bonds. The van der Waals surface area contributed by atoms with Gasteiger partial charge in [-0.15, -0.1) is 0 Å². The lowest BCUT2D eigenvalue weighted by Gasteiger charge is -2.18. The van der Waals surface area contributed by atoms with E-state index in [1.165, 1.54) is 0 Å². The van der Waals surface area contributed by atoms with Crippen LogP contribution in [0.15, 0.2) is 47.1 Å². The molecule has 0 spiro atoms. The van der Waals surface area contributed by atoms with E-state index in [-0.39, 0.29) is 5.91 Å². The van der Waals surface area contributed by atoms with Crippen molar-refractivity contribution in [3.63, 3.8) is 0 Å². The minimum absolute atomic E-state index is 0.0429. The number of amides is 1. The number of halogens is 2. The highest BCUT2D eigenvalue weighted by Crippen LogP contribution is 2.30. The number of pyridine rings is 1.